The van der Waals surface area contributed by atoms with Crippen LogP contribution in [-0.2, 0) is 18.9 Å². The summed E-state index contributed by atoms with van der Waals surface area (Å²) in [4.78, 5) is 86.4. The van der Waals surface area contributed by atoms with Gasteiger partial charge in [0.05, 0.1) is 33.0 Å². The molecule has 0 aliphatic carbocycles. The molecule has 0 unspecified atom stereocenters. The van der Waals surface area contributed by atoms with Crippen LogP contribution in [0.1, 0.15) is 53.1 Å². The number of phenols is 16. The maximum Gasteiger partial charge on any atom is 0.345 e. The third-order valence-corrected chi connectivity index (χ3v) is 13.4. The molecule has 0 radical (unpaired) electrons. The number of aliphatic hydroxyl groups is 2. The summed E-state index contributed by atoms with van der Waals surface area (Å²) >= 11 is 0. The molecule has 6 heterocycles. The summed E-state index contributed by atoms with van der Waals surface area (Å²) in [6, 6.07) is 0.884. The lowest BCUT2D eigenvalue weighted by Gasteiger charge is -2.40. The maximum absolute atomic E-state index is 15.0. The SMILES string of the molecule is O=C1O[C@@H]([C@@H]2OC(=O)c3cc(O)c(O)c(O)c3-c3c(O)c(O)c4oc(=O)c5c(c(O)c(O)c6oc(=O)c3c4c65)-c3c(cc(O)c(O)c3O)C(=O)OC[C@H]2O)[C@H]2OC(=O)c3c(c(O)c(O)c(O)c3[C@H]2O)-c2c1cc(O)c(O)c2O. The zero-order chi connectivity index (χ0) is 56.5. The highest BCUT2D eigenvalue weighted by Crippen LogP contribution is 2.60. The maximum atomic E-state index is 15.0. The number of carbonyl (C=O) groups excluding carboxylic acids is 4. The average Bonchev–Trinajstić information content (AvgIpc) is 3.06. The van der Waals surface area contributed by atoms with E-state index in [2.05, 4.69) is 0 Å². The van der Waals surface area contributed by atoms with Gasteiger partial charge in [-0.25, -0.2) is 28.8 Å². The Kier molecular flexibility index (Phi) is 10.2. The molecule has 400 valence electrons. The number of carbonyl (C=O) groups is 4. The molecule has 10 bridgehead atoms. The highest BCUT2D eigenvalue weighted by Gasteiger charge is 2.53. The molecule has 78 heavy (non-hydrogen) atoms. The molecular formula is C48H28O30. The van der Waals surface area contributed by atoms with Crippen LogP contribution in [0.3, 0.4) is 0 Å². The van der Waals surface area contributed by atoms with E-state index in [1.165, 1.54) is 0 Å². The van der Waals surface area contributed by atoms with Crippen molar-refractivity contribution in [3.63, 3.8) is 0 Å². The summed E-state index contributed by atoms with van der Waals surface area (Å²) in [7, 11) is 0. The van der Waals surface area contributed by atoms with Crippen LogP contribution >= 0.6 is 0 Å². The first kappa shape index (κ1) is 49.1. The fourth-order valence-corrected chi connectivity index (χ4v) is 9.96. The molecule has 2 aromatic heterocycles. The van der Waals surface area contributed by atoms with Crippen molar-refractivity contribution in [1.29, 1.82) is 0 Å². The lowest BCUT2D eigenvalue weighted by Crippen LogP contribution is -2.55. The summed E-state index contributed by atoms with van der Waals surface area (Å²) in [5.41, 5.74) is -19.6. The minimum absolute atomic E-state index is 0.231. The van der Waals surface area contributed by atoms with Crippen LogP contribution in [0.5, 0.6) is 92.0 Å². The predicted molar refractivity (Wildman–Crippen MR) is 245 cm³/mol. The first-order valence-corrected chi connectivity index (χ1v) is 21.7. The van der Waals surface area contributed by atoms with Gasteiger partial charge in [-0.1, -0.05) is 0 Å². The fraction of sp³-hybridized carbons (Fsp3) is 0.125. The molecule has 0 saturated heterocycles. The van der Waals surface area contributed by atoms with Gasteiger partial charge in [0.2, 0.25) is 34.5 Å². The van der Waals surface area contributed by atoms with E-state index in [0.717, 1.165) is 0 Å². The highest BCUT2D eigenvalue weighted by atomic mass is 16.6. The molecule has 0 spiro atoms. The molecule has 6 aromatic carbocycles. The van der Waals surface area contributed by atoms with Gasteiger partial charge in [-0.3, -0.25) is 0 Å². The quantitative estimate of drug-likeness (QED) is 0.0365. The number of rotatable bonds is 1. The van der Waals surface area contributed by atoms with Crippen molar-refractivity contribution < 1.29 is 139 Å². The molecule has 4 aliphatic rings. The Hall–Kier alpha value is -11.1. The van der Waals surface area contributed by atoms with Crippen LogP contribution in [0.4, 0.5) is 0 Å². The van der Waals surface area contributed by atoms with E-state index in [1.54, 1.807) is 0 Å². The van der Waals surface area contributed by atoms with E-state index in [1.807, 2.05) is 0 Å². The lowest BCUT2D eigenvalue weighted by atomic mass is 9.82. The minimum atomic E-state index is -2.97. The average molecular weight is 1080 g/mol. The van der Waals surface area contributed by atoms with Crippen LogP contribution in [-0.4, -0.2) is 147 Å². The number of aromatic hydroxyl groups is 16. The van der Waals surface area contributed by atoms with Crippen molar-refractivity contribution >= 4 is 56.6 Å². The van der Waals surface area contributed by atoms with Gasteiger partial charge in [-0.15, -0.1) is 0 Å². The van der Waals surface area contributed by atoms with Crippen LogP contribution in [0.2, 0.25) is 0 Å². The summed E-state index contributed by atoms with van der Waals surface area (Å²) in [5, 5.41) is 198. The highest BCUT2D eigenvalue weighted by molar-refractivity contribution is 6.29. The summed E-state index contributed by atoms with van der Waals surface area (Å²) < 4.78 is 32.5. The smallest absolute Gasteiger partial charge is 0.345 e. The topological polar surface area (TPSA) is 530 Å². The standard InChI is InChI=1S/C48H28O30/c49-8-1-5-12(27(56)24(8)53)15-20-18-19-21(47(71)76-39(18)36(65)31(15)60)16(32(61)37(66)40(19)75-46(20)70)13-6(2-9(50)25(54)28(13)57)44(68)74-38(11(52)4-73-43(5)67)42-41-34(63)23-22(48(72)77-41)17(30(59)35(64)33(23)62)14-7(45(69)78-42)3-10(51)26(55)29(14)58/h1-3,11,34,38,41-42,49-66H,4H2/t11-,34-,38-,41+,42+/m1/s1. The molecule has 5 atom stereocenters. The first-order chi connectivity index (χ1) is 36.7. The van der Waals surface area contributed by atoms with Gasteiger partial charge >= 0.3 is 35.1 Å². The van der Waals surface area contributed by atoms with Gasteiger partial charge in [-0.2, -0.15) is 0 Å². The second kappa shape index (κ2) is 16.2. The van der Waals surface area contributed by atoms with Crippen molar-refractivity contribution in [2.24, 2.45) is 0 Å². The third kappa shape index (κ3) is 6.24. The monoisotopic (exact) mass is 1080 g/mol. The van der Waals surface area contributed by atoms with Gasteiger partial charge in [0.25, 0.3) is 0 Å². The largest absolute Gasteiger partial charge is 0.504 e. The number of esters is 4. The van der Waals surface area contributed by atoms with Gasteiger partial charge in [0, 0.05) is 49.7 Å². The van der Waals surface area contributed by atoms with E-state index in [0.29, 0.717) is 12.1 Å². The number of aliphatic hydroxyl groups excluding tert-OH is 2. The molecule has 30 nitrogen and oxygen atoms in total. The van der Waals surface area contributed by atoms with Crippen LogP contribution in [0.25, 0.3) is 66.1 Å². The zero-order valence-electron chi connectivity index (χ0n) is 37.8. The summed E-state index contributed by atoms with van der Waals surface area (Å²) in [5.74, 6) is -32.3. The van der Waals surface area contributed by atoms with Gasteiger partial charge in [0.15, 0.2) is 87.0 Å². The van der Waals surface area contributed by atoms with E-state index in [4.69, 9.17) is 27.8 Å². The fourth-order valence-electron chi connectivity index (χ4n) is 9.96. The van der Waals surface area contributed by atoms with Gasteiger partial charge in [-0.05, 0) is 18.2 Å². The van der Waals surface area contributed by atoms with Crippen molar-refractivity contribution in [2.75, 3.05) is 6.61 Å². The Labute approximate surface area is 424 Å². The van der Waals surface area contributed by atoms with Crippen LogP contribution in [0.15, 0.2) is 36.6 Å². The second-order valence-electron chi connectivity index (χ2n) is 17.6. The summed E-state index contributed by atoms with van der Waals surface area (Å²) in [6.07, 6.45) is -14.2. The molecule has 0 fully saturated rings. The number of hydrogen-bond donors (Lipinski definition) is 18. The molecule has 8 aromatic rings. The molecule has 0 amide bonds. The first-order valence-electron chi connectivity index (χ1n) is 21.7. The molecule has 30 heteroatoms. The summed E-state index contributed by atoms with van der Waals surface area (Å²) in [6.45, 7) is -1.68. The van der Waals surface area contributed by atoms with Gasteiger partial charge in [0.1, 0.15) is 18.8 Å². The van der Waals surface area contributed by atoms with Gasteiger partial charge < -0.3 is 120 Å². The number of hydrogen-bond acceptors (Lipinski definition) is 30. The minimum Gasteiger partial charge on any atom is -0.504 e. The molecular weight excluding hydrogens is 1060 g/mol. The van der Waals surface area contributed by atoms with Crippen LogP contribution < -0.4 is 11.3 Å². The number of benzene rings is 6. The van der Waals surface area contributed by atoms with E-state index in [9.17, 15) is 121 Å². The van der Waals surface area contributed by atoms with Crippen LogP contribution in [0, 0.1) is 0 Å². The number of ether oxygens (including phenoxy) is 4. The van der Waals surface area contributed by atoms with Crippen molar-refractivity contribution in [3.05, 3.63) is 66.9 Å². The Morgan fingerprint density at radius 1 is 0.346 bits per heavy atom. The Balaban J connectivity index is 1.24. The van der Waals surface area contributed by atoms with Crippen molar-refractivity contribution in [1.82, 2.24) is 0 Å². The Morgan fingerprint density at radius 2 is 0.718 bits per heavy atom. The Morgan fingerprint density at radius 3 is 1.17 bits per heavy atom. The van der Waals surface area contributed by atoms with Crippen molar-refractivity contribution in [3.8, 4) is 125 Å². The number of fused-ring (bicyclic) bond motifs is 7. The predicted octanol–water partition coefficient (Wildman–Crippen LogP) is 1.65. The number of phenolic OH excluding ortho intramolecular Hbond substituents is 16. The Bertz CT molecular complexity index is 4280. The zero-order valence-corrected chi connectivity index (χ0v) is 37.8. The van der Waals surface area contributed by atoms with E-state index in [-0.39, 0.29) is 6.07 Å². The third-order valence-electron chi connectivity index (χ3n) is 13.4. The van der Waals surface area contributed by atoms with Crippen molar-refractivity contribution in [2.45, 2.75) is 30.5 Å². The number of cyclic esters (lactones) is 2. The molecule has 4 aliphatic heterocycles. The second-order valence-corrected chi connectivity index (χ2v) is 17.6. The molecule has 0 saturated carbocycles. The van der Waals surface area contributed by atoms with E-state index < -0.39 is 258 Å². The lowest BCUT2D eigenvalue weighted by molar-refractivity contribution is -0.153. The molecule has 18 N–H and O–H groups in total. The molecule has 12 rings (SSSR count). The van der Waals surface area contributed by atoms with E-state index >= 15 is 0 Å². The normalized spacial score (nSPS) is 19.1.